The lowest BCUT2D eigenvalue weighted by atomic mass is 9.96. The number of benzene rings is 2. The minimum atomic E-state index is -0.274. The van der Waals surface area contributed by atoms with Crippen LogP contribution in [0.1, 0.15) is 17.2 Å². The SMILES string of the molecule is Fc1ccc(C(c2ccc(F)cc2)N2CCN(c3nc4nncn4c4scnc34)CC2)cc1. The molecule has 33 heavy (non-hydrogen) atoms. The third kappa shape index (κ3) is 3.61. The predicted molar refractivity (Wildman–Crippen MR) is 122 cm³/mol. The van der Waals surface area contributed by atoms with Crippen molar-refractivity contribution >= 4 is 33.3 Å². The molecule has 10 heteroatoms. The van der Waals surface area contributed by atoms with Gasteiger partial charge >= 0.3 is 0 Å². The van der Waals surface area contributed by atoms with Crippen molar-refractivity contribution in [3.63, 3.8) is 0 Å². The highest BCUT2D eigenvalue weighted by molar-refractivity contribution is 7.16. The molecule has 0 saturated carbocycles. The van der Waals surface area contributed by atoms with Crippen LogP contribution in [0, 0.1) is 11.6 Å². The zero-order valence-corrected chi connectivity index (χ0v) is 18.3. The van der Waals surface area contributed by atoms with E-state index in [0.717, 1.165) is 53.5 Å². The summed E-state index contributed by atoms with van der Waals surface area (Å²) >= 11 is 1.54. The maximum atomic E-state index is 13.6. The molecule has 0 atom stereocenters. The van der Waals surface area contributed by atoms with Crippen molar-refractivity contribution in [2.45, 2.75) is 6.04 Å². The minimum Gasteiger partial charge on any atom is -0.352 e. The van der Waals surface area contributed by atoms with Gasteiger partial charge in [-0.3, -0.25) is 9.30 Å². The number of aromatic nitrogens is 5. The molecule has 7 nitrogen and oxygen atoms in total. The van der Waals surface area contributed by atoms with Gasteiger partial charge in [0, 0.05) is 26.2 Å². The van der Waals surface area contributed by atoms with Gasteiger partial charge in [-0.2, -0.15) is 4.98 Å². The summed E-state index contributed by atoms with van der Waals surface area (Å²) in [5, 5.41) is 8.10. The van der Waals surface area contributed by atoms with Crippen molar-refractivity contribution in [3.05, 3.63) is 83.1 Å². The second-order valence-electron chi connectivity index (χ2n) is 7.97. The van der Waals surface area contributed by atoms with E-state index in [4.69, 9.17) is 4.98 Å². The Labute approximate surface area is 192 Å². The summed E-state index contributed by atoms with van der Waals surface area (Å²) in [6.07, 6.45) is 1.65. The molecule has 0 spiro atoms. The number of halogens is 2. The molecule has 0 radical (unpaired) electrons. The molecular weight excluding hydrogens is 444 g/mol. The van der Waals surface area contributed by atoms with Crippen LogP contribution in [-0.2, 0) is 0 Å². The average Bonchev–Trinajstić information content (AvgIpc) is 3.51. The van der Waals surface area contributed by atoms with Crippen LogP contribution in [0.15, 0.2) is 60.4 Å². The molecule has 1 aliphatic rings. The van der Waals surface area contributed by atoms with Gasteiger partial charge in [-0.15, -0.1) is 21.5 Å². The lowest BCUT2D eigenvalue weighted by Crippen LogP contribution is -2.48. The van der Waals surface area contributed by atoms with Crippen molar-refractivity contribution in [2.24, 2.45) is 0 Å². The van der Waals surface area contributed by atoms with Crippen LogP contribution in [0.4, 0.5) is 14.6 Å². The van der Waals surface area contributed by atoms with Crippen molar-refractivity contribution in [1.82, 2.24) is 29.5 Å². The van der Waals surface area contributed by atoms with E-state index in [-0.39, 0.29) is 17.7 Å². The smallest absolute Gasteiger partial charge is 0.258 e. The molecule has 0 bridgehead atoms. The molecule has 5 aromatic rings. The highest BCUT2D eigenvalue weighted by Crippen LogP contribution is 2.32. The van der Waals surface area contributed by atoms with Gasteiger partial charge in [-0.1, -0.05) is 24.3 Å². The maximum Gasteiger partial charge on any atom is 0.258 e. The Balaban J connectivity index is 1.30. The number of hydrogen-bond donors (Lipinski definition) is 0. The van der Waals surface area contributed by atoms with E-state index in [2.05, 4.69) is 25.0 Å². The molecule has 3 aromatic heterocycles. The first-order chi connectivity index (χ1) is 16.2. The first-order valence-corrected chi connectivity index (χ1v) is 11.5. The van der Waals surface area contributed by atoms with Gasteiger partial charge in [-0.05, 0) is 35.4 Å². The van der Waals surface area contributed by atoms with Crippen LogP contribution in [-0.4, -0.2) is 55.6 Å². The van der Waals surface area contributed by atoms with Gasteiger partial charge in [-0.25, -0.2) is 13.8 Å². The first-order valence-electron chi connectivity index (χ1n) is 10.6. The van der Waals surface area contributed by atoms with Gasteiger partial charge in [0.25, 0.3) is 5.78 Å². The second-order valence-corrected chi connectivity index (χ2v) is 8.80. The van der Waals surface area contributed by atoms with E-state index in [1.165, 1.54) is 35.6 Å². The van der Waals surface area contributed by atoms with Gasteiger partial charge in [0.2, 0.25) is 0 Å². The summed E-state index contributed by atoms with van der Waals surface area (Å²) in [5.74, 6) is 0.818. The fraction of sp³-hybridized carbons (Fsp3) is 0.217. The zero-order chi connectivity index (χ0) is 22.4. The number of fused-ring (bicyclic) bond motifs is 3. The molecule has 1 aliphatic heterocycles. The Bertz CT molecular complexity index is 1360. The lowest BCUT2D eigenvalue weighted by molar-refractivity contribution is 0.212. The van der Waals surface area contributed by atoms with Crippen LogP contribution in [0.2, 0.25) is 0 Å². The Hall–Kier alpha value is -3.50. The van der Waals surface area contributed by atoms with Gasteiger partial charge in [0.1, 0.15) is 28.3 Å². The van der Waals surface area contributed by atoms with E-state index in [0.29, 0.717) is 5.78 Å². The maximum absolute atomic E-state index is 13.6. The van der Waals surface area contributed by atoms with Crippen molar-refractivity contribution in [2.75, 3.05) is 31.1 Å². The van der Waals surface area contributed by atoms with E-state index < -0.39 is 0 Å². The second kappa shape index (κ2) is 8.13. The molecule has 166 valence electrons. The van der Waals surface area contributed by atoms with Crippen molar-refractivity contribution in [3.8, 4) is 0 Å². The monoisotopic (exact) mass is 463 g/mol. The molecule has 6 rings (SSSR count). The zero-order valence-electron chi connectivity index (χ0n) is 17.5. The van der Waals surface area contributed by atoms with Gasteiger partial charge < -0.3 is 4.90 Å². The van der Waals surface area contributed by atoms with Crippen LogP contribution >= 0.6 is 11.3 Å². The topological polar surface area (TPSA) is 62.5 Å². The van der Waals surface area contributed by atoms with Gasteiger partial charge in [0.15, 0.2) is 5.82 Å². The molecule has 0 aliphatic carbocycles. The Kier molecular flexibility index (Phi) is 4.96. The fourth-order valence-electron chi connectivity index (χ4n) is 4.48. The molecule has 4 heterocycles. The summed E-state index contributed by atoms with van der Waals surface area (Å²) in [7, 11) is 0. The third-order valence-electron chi connectivity index (χ3n) is 6.07. The molecule has 1 fully saturated rings. The number of anilines is 1. The largest absolute Gasteiger partial charge is 0.352 e. The Morgan fingerprint density at radius 3 is 2.12 bits per heavy atom. The number of rotatable bonds is 4. The standard InChI is InChI=1S/C23H19F2N7S/c24-17-5-1-15(2-6-17)20(16-3-7-18(25)8-4-16)30-9-11-31(12-10-30)21-19-22(33-14-26-19)32-13-27-29-23(32)28-21/h1-8,13-14,20H,9-12H2. The van der Waals surface area contributed by atoms with Gasteiger partial charge in [0.05, 0.1) is 11.6 Å². The number of hydrogen-bond acceptors (Lipinski definition) is 7. The third-order valence-corrected chi connectivity index (χ3v) is 6.89. The summed E-state index contributed by atoms with van der Waals surface area (Å²) in [6.45, 7) is 2.99. The highest BCUT2D eigenvalue weighted by atomic mass is 32.1. The quantitative estimate of drug-likeness (QED) is 0.403. The Morgan fingerprint density at radius 1 is 0.848 bits per heavy atom. The fourth-order valence-corrected chi connectivity index (χ4v) is 5.23. The predicted octanol–water partition coefficient (Wildman–Crippen LogP) is 3.92. The molecule has 0 amide bonds. The van der Waals surface area contributed by atoms with E-state index in [1.54, 1.807) is 30.6 Å². The normalized spacial score (nSPS) is 15.2. The molecular formula is C23H19F2N7S. The van der Waals surface area contributed by atoms with E-state index >= 15 is 0 Å². The van der Waals surface area contributed by atoms with E-state index in [1.807, 2.05) is 9.91 Å². The number of nitrogens with zero attached hydrogens (tertiary/aromatic N) is 7. The van der Waals surface area contributed by atoms with Crippen molar-refractivity contribution in [1.29, 1.82) is 0 Å². The summed E-state index contributed by atoms with van der Waals surface area (Å²) < 4.78 is 29.0. The van der Waals surface area contributed by atoms with Crippen LogP contribution < -0.4 is 4.90 Å². The molecule has 0 N–H and O–H groups in total. The molecule has 0 unspecified atom stereocenters. The summed E-state index contributed by atoms with van der Waals surface area (Å²) in [4.78, 5) is 14.8. The van der Waals surface area contributed by atoms with Crippen LogP contribution in [0.25, 0.3) is 16.1 Å². The summed E-state index contributed by atoms with van der Waals surface area (Å²) in [5.41, 5.74) is 4.60. The number of piperazine rings is 1. The van der Waals surface area contributed by atoms with Crippen molar-refractivity contribution < 1.29 is 8.78 Å². The first kappa shape index (κ1) is 20.1. The molecule has 1 saturated heterocycles. The number of thiazole rings is 1. The van der Waals surface area contributed by atoms with Crippen LogP contribution in [0.3, 0.4) is 0 Å². The Morgan fingerprint density at radius 2 is 1.48 bits per heavy atom. The average molecular weight is 464 g/mol. The highest BCUT2D eigenvalue weighted by Gasteiger charge is 2.28. The van der Waals surface area contributed by atoms with E-state index in [9.17, 15) is 8.78 Å². The summed E-state index contributed by atoms with van der Waals surface area (Å²) in [6, 6.07) is 13.0. The lowest BCUT2D eigenvalue weighted by Gasteiger charge is -2.40. The minimum absolute atomic E-state index is 0.0976. The van der Waals surface area contributed by atoms with Crippen LogP contribution in [0.5, 0.6) is 0 Å². The molecule has 2 aromatic carbocycles.